The van der Waals surface area contributed by atoms with Crippen molar-refractivity contribution in [2.75, 3.05) is 0 Å². The third kappa shape index (κ3) is 2.37. The van der Waals surface area contributed by atoms with E-state index in [2.05, 4.69) is 0 Å². The summed E-state index contributed by atoms with van der Waals surface area (Å²) in [5, 5.41) is 9.62. The van der Waals surface area contributed by atoms with Crippen LogP contribution >= 0.6 is 28.6 Å². The Bertz CT molecular complexity index is 255. The van der Waals surface area contributed by atoms with Crippen LogP contribution in [0.4, 0.5) is 0 Å². The summed E-state index contributed by atoms with van der Waals surface area (Å²) in [6.07, 6.45) is 0. The van der Waals surface area contributed by atoms with E-state index < -0.39 is 0 Å². The van der Waals surface area contributed by atoms with E-state index in [1.165, 1.54) is 0 Å². The van der Waals surface area contributed by atoms with Crippen molar-refractivity contribution in [3.63, 3.8) is 0 Å². The van der Waals surface area contributed by atoms with Gasteiger partial charge < -0.3 is 10.8 Å². The zero-order chi connectivity index (χ0) is 8.43. The second-order valence-electron chi connectivity index (χ2n) is 2.45. The first-order valence-electron chi connectivity index (χ1n) is 3.33. The molecule has 1 aromatic rings. The summed E-state index contributed by atoms with van der Waals surface area (Å²) in [7, 11) is 0. The fourth-order valence-corrected chi connectivity index (χ4v) is 1.21. The molecule has 1 aromatic carbocycles. The molecule has 68 valence electrons. The molecule has 0 radical (unpaired) electrons. The molecule has 2 nitrogen and oxygen atoms in total. The maximum absolute atomic E-state index is 9.25. The van der Waals surface area contributed by atoms with E-state index in [9.17, 15) is 5.11 Å². The molecular weight excluding hydrogens is 241 g/mol. The largest absolute Gasteiger partial charge is 0.506 e. The fourth-order valence-electron chi connectivity index (χ4n) is 0.925. The van der Waals surface area contributed by atoms with Crippen molar-refractivity contribution in [1.29, 1.82) is 0 Å². The highest BCUT2D eigenvalue weighted by Gasteiger charge is 2.02. The highest BCUT2D eigenvalue weighted by atomic mass is 79.9. The zero-order valence-corrected chi connectivity index (χ0v) is 9.14. The average Bonchev–Trinajstić information content (AvgIpc) is 1.99. The number of nitrogens with two attached hydrogens (primary N) is 1. The van der Waals surface area contributed by atoms with E-state index in [-0.39, 0.29) is 22.7 Å². The van der Waals surface area contributed by atoms with E-state index in [4.69, 9.17) is 17.3 Å². The van der Waals surface area contributed by atoms with Crippen molar-refractivity contribution in [3.05, 3.63) is 28.3 Å². The lowest BCUT2D eigenvalue weighted by molar-refractivity contribution is 0.471. The Hall–Kier alpha value is -0.250. The molecule has 0 aliphatic carbocycles. The van der Waals surface area contributed by atoms with Crippen LogP contribution in [-0.4, -0.2) is 5.11 Å². The van der Waals surface area contributed by atoms with Crippen molar-refractivity contribution in [2.45, 2.75) is 13.5 Å². The quantitative estimate of drug-likeness (QED) is 0.806. The van der Waals surface area contributed by atoms with E-state index in [1.54, 1.807) is 13.0 Å². The fraction of sp³-hybridized carbons (Fsp3) is 0.250. The van der Waals surface area contributed by atoms with Crippen molar-refractivity contribution in [2.24, 2.45) is 5.73 Å². The Balaban J connectivity index is 0.00000121. The Labute approximate surface area is 87.1 Å². The molecule has 0 aromatic heterocycles. The van der Waals surface area contributed by atoms with E-state index >= 15 is 0 Å². The van der Waals surface area contributed by atoms with Crippen LogP contribution in [0.1, 0.15) is 11.1 Å². The number of aromatic hydroxyl groups is 1. The SMILES string of the molecule is Br.Cc1cc(CN)cc(Cl)c1O. The molecule has 0 unspecified atom stereocenters. The molecule has 0 amide bonds. The first kappa shape index (κ1) is 11.8. The van der Waals surface area contributed by atoms with Gasteiger partial charge in [0.1, 0.15) is 5.75 Å². The van der Waals surface area contributed by atoms with Gasteiger partial charge in [0.25, 0.3) is 0 Å². The summed E-state index contributed by atoms with van der Waals surface area (Å²) < 4.78 is 0. The molecule has 0 aliphatic rings. The van der Waals surface area contributed by atoms with Crippen LogP contribution < -0.4 is 5.73 Å². The Morgan fingerprint density at radius 3 is 2.50 bits per heavy atom. The molecule has 0 aliphatic heterocycles. The van der Waals surface area contributed by atoms with Gasteiger partial charge in [-0.3, -0.25) is 0 Å². The summed E-state index contributed by atoms with van der Waals surface area (Å²) in [6.45, 7) is 2.24. The zero-order valence-electron chi connectivity index (χ0n) is 6.67. The molecule has 0 atom stereocenters. The normalized spacial score (nSPS) is 9.25. The summed E-state index contributed by atoms with van der Waals surface area (Å²) >= 11 is 5.69. The molecule has 0 spiro atoms. The van der Waals surface area contributed by atoms with Crippen LogP contribution in [0, 0.1) is 6.92 Å². The number of hydrogen-bond acceptors (Lipinski definition) is 2. The van der Waals surface area contributed by atoms with Gasteiger partial charge in [-0.25, -0.2) is 0 Å². The Morgan fingerprint density at radius 2 is 2.08 bits per heavy atom. The Kier molecular flexibility index (Phi) is 4.60. The number of hydrogen-bond donors (Lipinski definition) is 2. The predicted molar refractivity (Wildman–Crippen MR) is 56.1 cm³/mol. The van der Waals surface area contributed by atoms with E-state index in [1.807, 2.05) is 6.07 Å². The third-order valence-corrected chi connectivity index (χ3v) is 1.84. The third-order valence-electron chi connectivity index (χ3n) is 1.55. The lowest BCUT2D eigenvalue weighted by Crippen LogP contribution is -1.96. The highest BCUT2D eigenvalue weighted by molar-refractivity contribution is 8.93. The van der Waals surface area contributed by atoms with Crippen LogP contribution in [0.2, 0.25) is 5.02 Å². The van der Waals surface area contributed by atoms with Gasteiger partial charge in [0, 0.05) is 6.54 Å². The van der Waals surface area contributed by atoms with Gasteiger partial charge in [0.15, 0.2) is 0 Å². The number of rotatable bonds is 1. The molecule has 0 saturated carbocycles. The van der Waals surface area contributed by atoms with E-state index in [0.717, 1.165) is 11.1 Å². The minimum atomic E-state index is 0. The first-order valence-corrected chi connectivity index (χ1v) is 3.71. The Morgan fingerprint density at radius 1 is 1.50 bits per heavy atom. The van der Waals surface area contributed by atoms with Gasteiger partial charge in [-0.05, 0) is 24.1 Å². The second-order valence-corrected chi connectivity index (χ2v) is 2.85. The minimum absolute atomic E-state index is 0. The number of phenolic OH excluding ortho intramolecular Hbond substituents is 1. The van der Waals surface area contributed by atoms with Crippen molar-refractivity contribution in [3.8, 4) is 5.75 Å². The second kappa shape index (κ2) is 4.70. The lowest BCUT2D eigenvalue weighted by Gasteiger charge is -2.03. The summed E-state index contributed by atoms with van der Waals surface area (Å²) in [4.78, 5) is 0. The van der Waals surface area contributed by atoms with Crippen LogP contribution in [0.5, 0.6) is 5.75 Å². The highest BCUT2D eigenvalue weighted by Crippen LogP contribution is 2.27. The molecule has 4 heteroatoms. The average molecular weight is 253 g/mol. The lowest BCUT2D eigenvalue weighted by atomic mass is 10.1. The molecule has 0 saturated heterocycles. The molecule has 0 bridgehead atoms. The number of aryl methyl sites for hydroxylation is 1. The smallest absolute Gasteiger partial charge is 0.137 e. The number of halogens is 2. The minimum Gasteiger partial charge on any atom is -0.506 e. The van der Waals surface area contributed by atoms with Gasteiger partial charge in [-0.1, -0.05) is 17.7 Å². The topological polar surface area (TPSA) is 46.2 Å². The monoisotopic (exact) mass is 251 g/mol. The van der Waals surface area contributed by atoms with Crippen molar-refractivity contribution >= 4 is 28.6 Å². The first-order chi connectivity index (χ1) is 5.15. The van der Waals surface area contributed by atoms with Crippen molar-refractivity contribution < 1.29 is 5.11 Å². The van der Waals surface area contributed by atoms with Crippen LogP contribution in [0.25, 0.3) is 0 Å². The van der Waals surface area contributed by atoms with Crippen LogP contribution in [-0.2, 0) is 6.54 Å². The van der Waals surface area contributed by atoms with Crippen molar-refractivity contribution in [1.82, 2.24) is 0 Å². The van der Waals surface area contributed by atoms with E-state index in [0.29, 0.717) is 11.6 Å². The molecule has 1 rings (SSSR count). The molecule has 0 fully saturated rings. The maximum atomic E-state index is 9.25. The number of benzene rings is 1. The standard InChI is InChI=1S/C8H10ClNO.BrH/c1-5-2-6(4-10)3-7(9)8(5)11;/h2-3,11H,4,10H2,1H3;1H. The van der Waals surface area contributed by atoms with Gasteiger partial charge in [0.05, 0.1) is 5.02 Å². The summed E-state index contributed by atoms with van der Waals surface area (Å²) in [5.74, 6) is 0.142. The summed E-state index contributed by atoms with van der Waals surface area (Å²) in [6, 6.07) is 3.49. The number of phenols is 1. The summed E-state index contributed by atoms with van der Waals surface area (Å²) in [5.41, 5.74) is 7.09. The van der Waals surface area contributed by atoms with Gasteiger partial charge >= 0.3 is 0 Å². The van der Waals surface area contributed by atoms with Gasteiger partial charge in [-0.2, -0.15) is 0 Å². The molecule has 0 heterocycles. The predicted octanol–water partition coefficient (Wildman–Crippen LogP) is 2.39. The molecular formula is C8H11BrClNO. The van der Waals surface area contributed by atoms with Crippen LogP contribution in [0.3, 0.4) is 0 Å². The molecule has 12 heavy (non-hydrogen) atoms. The maximum Gasteiger partial charge on any atom is 0.137 e. The van der Waals surface area contributed by atoms with Gasteiger partial charge in [-0.15, -0.1) is 17.0 Å². The van der Waals surface area contributed by atoms with Crippen LogP contribution in [0.15, 0.2) is 12.1 Å². The van der Waals surface area contributed by atoms with Gasteiger partial charge in [0.2, 0.25) is 0 Å². The molecule has 3 N–H and O–H groups in total.